The highest BCUT2D eigenvalue weighted by molar-refractivity contribution is 5.94. The lowest BCUT2D eigenvalue weighted by Crippen LogP contribution is -2.32. The zero-order chi connectivity index (χ0) is 26.1. The second-order valence-corrected chi connectivity index (χ2v) is 9.46. The van der Waals surface area contributed by atoms with Crippen molar-refractivity contribution in [3.63, 3.8) is 0 Å². The molecule has 0 radical (unpaired) electrons. The highest BCUT2D eigenvalue weighted by Gasteiger charge is 2.25. The Labute approximate surface area is 222 Å². The van der Waals surface area contributed by atoms with Gasteiger partial charge in [-0.05, 0) is 59.9 Å². The maximum atomic E-state index is 5.81. The largest absolute Gasteiger partial charge is 0.493 e. The number of aryl methyl sites for hydroxylation is 3. The van der Waals surface area contributed by atoms with E-state index in [9.17, 15) is 0 Å². The van der Waals surface area contributed by atoms with Crippen LogP contribution in [0, 0.1) is 0 Å². The van der Waals surface area contributed by atoms with Gasteiger partial charge in [-0.3, -0.25) is 0 Å². The van der Waals surface area contributed by atoms with Gasteiger partial charge in [-0.2, -0.15) is 0 Å². The number of hydrogen-bond donors (Lipinski definition) is 0. The molecule has 2 heterocycles. The minimum atomic E-state index is 0.255. The molecule has 5 aromatic rings. The van der Waals surface area contributed by atoms with Crippen LogP contribution in [0.4, 0.5) is 0 Å². The van der Waals surface area contributed by atoms with E-state index in [1.807, 2.05) is 18.2 Å². The van der Waals surface area contributed by atoms with Crippen molar-refractivity contribution in [1.82, 2.24) is 0 Å². The third-order valence-corrected chi connectivity index (χ3v) is 7.24. The molecule has 4 aromatic carbocycles. The smallest absolute Gasteiger partial charge is 0.231 e. The predicted molar refractivity (Wildman–Crippen MR) is 149 cm³/mol. The fourth-order valence-electron chi connectivity index (χ4n) is 5.38. The number of benzene rings is 4. The van der Waals surface area contributed by atoms with Gasteiger partial charge in [0.05, 0.1) is 25.2 Å². The van der Waals surface area contributed by atoms with Crippen LogP contribution in [0.3, 0.4) is 0 Å². The second-order valence-electron chi connectivity index (χ2n) is 9.46. The lowest BCUT2D eigenvalue weighted by atomic mass is 9.93. The Bertz CT molecular complexity index is 1610. The number of fused-ring (bicyclic) bond motifs is 2. The number of pyridine rings is 1. The Kier molecular flexibility index (Phi) is 6.34. The quantitative estimate of drug-likeness (QED) is 0.236. The van der Waals surface area contributed by atoms with Crippen molar-refractivity contribution in [1.29, 1.82) is 0 Å². The SMILES string of the molecule is COc1ccc2c(CCc3ccc(-c4ccccc4)cc3)c(-c3ccc4c(c3)OCO4)[n+](C)cc2c1OC. The van der Waals surface area contributed by atoms with Crippen LogP contribution in [0.1, 0.15) is 11.1 Å². The van der Waals surface area contributed by atoms with E-state index in [4.69, 9.17) is 18.9 Å². The van der Waals surface area contributed by atoms with E-state index in [1.54, 1.807) is 14.2 Å². The zero-order valence-electron chi connectivity index (χ0n) is 21.9. The molecule has 1 aliphatic rings. The summed E-state index contributed by atoms with van der Waals surface area (Å²) < 4.78 is 24.9. The van der Waals surface area contributed by atoms with Gasteiger partial charge >= 0.3 is 0 Å². The molecule has 0 aliphatic carbocycles. The third kappa shape index (κ3) is 4.30. The molecule has 0 spiro atoms. The molecule has 5 heteroatoms. The van der Waals surface area contributed by atoms with Crippen LogP contribution in [0.15, 0.2) is 91.1 Å². The number of aromatic nitrogens is 1. The van der Waals surface area contributed by atoms with Crippen molar-refractivity contribution in [2.75, 3.05) is 21.0 Å². The molecule has 0 fully saturated rings. The number of hydrogen-bond acceptors (Lipinski definition) is 4. The Morgan fingerprint density at radius 2 is 1.45 bits per heavy atom. The predicted octanol–water partition coefficient (Wildman–Crippen LogP) is 6.53. The molecule has 6 rings (SSSR count). The van der Waals surface area contributed by atoms with Crippen LogP contribution in [-0.4, -0.2) is 21.0 Å². The van der Waals surface area contributed by atoms with E-state index in [0.717, 1.165) is 57.9 Å². The Hall–Kier alpha value is -4.51. The van der Waals surface area contributed by atoms with Crippen molar-refractivity contribution >= 4 is 10.8 Å². The van der Waals surface area contributed by atoms with Crippen LogP contribution in [0.2, 0.25) is 0 Å². The lowest BCUT2D eigenvalue weighted by Gasteiger charge is -2.15. The summed E-state index contributed by atoms with van der Waals surface area (Å²) in [6, 6.07) is 29.7. The number of rotatable bonds is 7. The number of methoxy groups -OCH3 is 2. The maximum Gasteiger partial charge on any atom is 0.231 e. The summed E-state index contributed by atoms with van der Waals surface area (Å²) >= 11 is 0. The maximum absolute atomic E-state index is 5.81. The minimum absolute atomic E-state index is 0.255. The van der Waals surface area contributed by atoms with E-state index in [2.05, 4.69) is 84.5 Å². The molecular weight excluding hydrogens is 474 g/mol. The Balaban J connectivity index is 1.43. The van der Waals surface area contributed by atoms with Gasteiger partial charge in [-0.25, -0.2) is 4.57 Å². The molecule has 0 atom stereocenters. The first kappa shape index (κ1) is 23.9. The zero-order valence-corrected chi connectivity index (χ0v) is 21.9. The molecule has 0 N–H and O–H groups in total. The van der Waals surface area contributed by atoms with Gasteiger partial charge in [-0.1, -0.05) is 54.6 Å². The molecule has 0 unspecified atom stereocenters. The molecular formula is C33H30NO4+. The number of nitrogens with zero attached hydrogens (tertiary/aromatic N) is 1. The molecule has 0 saturated carbocycles. The fraction of sp³-hybridized carbons (Fsp3) is 0.182. The van der Waals surface area contributed by atoms with Gasteiger partial charge in [0.1, 0.15) is 7.05 Å². The number of ether oxygens (including phenoxy) is 4. The van der Waals surface area contributed by atoms with Gasteiger partial charge in [-0.15, -0.1) is 0 Å². The second kappa shape index (κ2) is 10.1. The van der Waals surface area contributed by atoms with Crippen molar-refractivity contribution < 1.29 is 23.5 Å². The van der Waals surface area contributed by atoms with Crippen LogP contribution in [0.25, 0.3) is 33.2 Å². The first-order valence-electron chi connectivity index (χ1n) is 12.8. The molecule has 1 aromatic heterocycles. The van der Waals surface area contributed by atoms with E-state index in [-0.39, 0.29) is 6.79 Å². The van der Waals surface area contributed by atoms with Gasteiger partial charge in [0, 0.05) is 10.9 Å². The monoisotopic (exact) mass is 504 g/mol. The standard InChI is InChI=1S/C33H30NO4/c1-34-20-28-26(16-18-30(35-2)33(28)36-3)27(32(34)25-14-17-29-31(19-25)38-21-37-29)15-11-22-9-12-24(13-10-22)23-7-5-4-6-8-23/h4-10,12-14,16-20H,11,15,21H2,1-3H3/q+1. The van der Waals surface area contributed by atoms with Crippen LogP contribution >= 0.6 is 0 Å². The highest BCUT2D eigenvalue weighted by Crippen LogP contribution is 2.41. The summed E-state index contributed by atoms with van der Waals surface area (Å²) in [5, 5.41) is 2.17. The molecule has 0 saturated heterocycles. The summed E-state index contributed by atoms with van der Waals surface area (Å²) in [5.74, 6) is 3.02. The first-order valence-corrected chi connectivity index (χ1v) is 12.8. The van der Waals surface area contributed by atoms with Crippen molar-refractivity contribution in [2.24, 2.45) is 7.05 Å². The van der Waals surface area contributed by atoms with Gasteiger partial charge < -0.3 is 18.9 Å². The summed E-state index contributed by atoms with van der Waals surface area (Å²) in [6.45, 7) is 0.255. The van der Waals surface area contributed by atoms with Crippen molar-refractivity contribution in [3.05, 3.63) is 102 Å². The molecule has 1 aliphatic heterocycles. The fourth-order valence-corrected chi connectivity index (χ4v) is 5.38. The van der Waals surface area contributed by atoms with Gasteiger partial charge in [0.15, 0.2) is 29.2 Å². The molecule has 5 nitrogen and oxygen atoms in total. The Morgan fingerprint density at radius 3 is 2.21 bits per heavy atom. The normalized spacial score (nSPS) is 12.1. The van der Waals surface area contributed by atoms with Crippen LogP contribution in [0.5, 0.6) is 23.0 Å². The Morgan fingerprint density at radius 1 is 0.711 bits per heavy atom. The van der Waals surface area contributed by atoms with E-state index < -0.39 is 0 Å². The van der Waals surface area contributed by atoms with E-state index in [0.29, 0.717) is 0 Å². The third-order valence-electron chi connectivity index (χ3n) is 7.24. The average Bonchev–Trinajstić information content (AvgIpc) is 3.44. The van der Waals surface area contributed by atoms with Gasteiger partial charge in [0.2, 0.25) is 12.5 Å². The molecule has 0 amide bonds. The van der Waals surface area contributed by atoms with Crippen molar-refractivity contribution in [3.8, 4) is 45.4 Å². The summed E-state index contributed by atoms with van der Waals surface area (Å²) in [4.78, 5) is 0. The molecule has 190 valence electrons. The van der Waals surface area contributed by atoms with Crippen LogP contribution in [-0.2, 0) is 19.9 Å². The minimum Gasteiger partial charge on any atom is -0.493 e. The van der Waals surface area contributed by atoms with Gasteiger partial charge in [0.25, 0.3) is 0 Å². The molecule has 38 heavy (non-hydrogen) atoms. The van der Waals surface area contributed by atoms with Crippen molar-refractivity contribution in [2.45, 2.75) is 12.8 Å². The molecule has 0 bridgehead atoms. The summed E-state index contributed by atoms with van der Waals surface area (Å²) in [6.07, 6.45) is 3.88. The highest BCUT2D eigenvalue weighted by atomic mass is 16.7. The average molecular weight is 505 g/mol. The van der Waals surface area contributed by atoms with Crippen LogP contribution < -0.4 is 23.5 Å². The lowest BCUT2D eigenvalue weighted by molar-refractivity contribution is -0.659. The van der Waals surface area contributed by atoms with E-state index >= 15 is 0 Å². The summed E-state index contributed by atoms with van der Waals surface area (Å²) in [7, 11) is 5.44. The topological polar surface area (TPSA) is 40.8 Å². The first-order chi connectivity index (χ1) is 18.7. The van der Waals surface area contributed by atoms with E-state index in [1.165, 1.54) is 22.3 Å². The summed E-state index contributed by atoms with van der Waals surface area (Å²) in [5.41, 5.74) is 7.22.